The van der Waals surface area contributed by atoms with E-state index < -0.39 is 0 Å². The van der Waals surface area contributed by atoms with E-state index in [4.69, 9.17) is 23.2 Å². The van der Waals surface area contributed by atoms with Gasteiger partial charge >= 0.3 is 0 Å². The maximum atomic E-state index is 13.1. The van der Waals surface area contributed by atoms with E-state index in [0.717, 1.165) is 11.3 Å². The molecule has 0 aliphatic carbocycles. The Hall–Kier alpha value is -2.57. The highest BCUT2D eigenvalue weighted by Crippen LogP contribution is 2.24. The van der Waals surface area contributed by atoms with E-state index in [9.17, 15) is 14.4 Å². The van der Waals surface area contributed by atoms with Gasteiger partial charge in [0.1, 0.15) is 19.8 Å². The fraction of sp³-hybridized carbons (Fsp3) is 0.348. The van der Waals surface area contributed by atoms with E-state index in [2.05, 4.69) is 0 Å². The molecule has 0 radical (unpaired) electrons. The van der Waals surface area contributed by atoms with Crippen LogP contribution in [-0.4, -0.2) is 53.8 Å². The van der Waals surface area contributed by atoms with Crippen LogP contribution in [0.4, 0.5) is 5.69 Å². The molecule has 0 N–H and O–H groups in total. The standard InChI is InChI=1S/C23H25Cl2N3O3/c1-15(2)11-26(23(31)17-6-9-19(24)20(25)10-17)12-21(29)27-13-22(30)28(14-27)18-7-4-16(3)5-8-18/h4-10,15H,11-14H2,1-3H3. The zero-order valence-electron chi connectivity index (χ0n) is 17.8. The summed E-state index contributed by atoms with van der Waals surface area (Å²) in [5.74, 6) is -0.578. The number of amides is 3. The third-order valence-electron chi connectivity index (χ3n) is 5.00. The van der Waals surface area contributed by atoms with Gasteiger partial charge in [-0.25, -0.2) is 0 Å². The Balaban J connectivity index is 1.73. The highest BCUT2D eigenvalue weighted by molar-refractivity contribution is 6.42. The Morgan fingerprint density at radius 1 is 1.06 bits per heavy atom. The van der Waals surface area contributed by atoms with Crippen LogP contribution in [0.2, 0.25) is 10.0 Å². The third kappa shape index (κ3) is 5.57. The summed E-state index contributed by atoms with van der Waals surface area (Å²) >= 11 is 12.0. The van der Waals surface area contributed by atoms with E-state index in [-0.39, 0.29) is 48.4 Å². The van der Waals surface area contributed by atoms with Gasteiger partial charge in [0.2, 0.25) is 11.8 Å². The summed E-state index contributed by atoms with van der Waals surface area (Å²) in [6.07, 6.45) is 0. The molecule has 8 heteroatoms. The van der Waals surface area contributed by atoms with Gasteiger partial charge in [-0.15, -0.1) is 0 Å². The minimum atomic E-state index is -0.304. The predicted molar refractivity (Wildman–Crippen MR) is 122 cm³/mol. The monoisotopic (exact) mass is 461 g/mol. The normalized spacial score (nSPS) is 13.8. The van der Waals surface area contributed by atoms with Gasteiger partial charge in [-0.3, -0.25) is 19.3 Å². The molecule has 31 heavy (non-hydrogen) atoms. The first-order valence-electron chi connectivity index (χ1n) is 10.0. The summed E-state index contributed by atoms with van der Waals surface area (Å²) < 4.78 is 0. The van der Waals surface area contributed by atoms with Crippen LogP contribution in [0.25, 0.3) is 0 Å². The molecule has 1 saturated heterocycles. The van der Waals surface area contributed by atoms with Gasteiger partial charge in [0.05, 0.1) is 10.0 Å². The number of hydrogen-bond donors (Lipinski definition) is 0. The summed E-state index contributed by atoms with van der Waals surface area (Å²) in [7, 11) is 0. The Bertz CT molecular complexity index is 992. The third-order valence-corrected chi connectivity index (χ3v) is 5.74. The lowest BCUT2D eigenvalue weighted by Crippen LogP contribution is -2.44. The van der Waals surface area contributed by atoms with E-state index in [1.807, 2.05) is 45.0 Å². The molecule has 0 aromatic heterocycles. The molecule has 164 valence electrons. The molecule has 0 atom stereocenters. The van der Waals surface area contributed by atoms with Crippen molar-refractivity contribution in [2.75, 3.05) is 31.2 Å². The zero-order chi connectivity index (χ0) is 22.7. The number of rotatable bonds is 6. The van der Waals surface area contributed by atoms with Crippen LogP contribution < -0.4 is 4.90 Å². The van der Waals surface area contributed by atoms with Gasteiger partial charge in [0.15, 0.2) is 0 Å². The Labute approximate surface area is 192 Å². The van der Waals surface area contributed by atoms with Crippen LogP contribution in [-0.2, 0) is 9.59 Å². The minimum absolute atomic E-state index is 0.0107. The average Bonchev–Trinajstić information content (AvgIpc) is 3.11. The summed E-state index contributed by atoms with van der Waals surface area (Å²) in [6, 6.07) is 12.2. The maximum Gasteiger partial charge on any atom is 0.254 e. The number of anilines is 1. The molecule has 6 nitrogen and oxygen atoms in total. The lowest BCUT2D eigenvalue weighted by atomic mass is 10.1. The van der Waals surface area contributed by atoms with Gasteiger partial charge in [-0.1, -0.05) is 54.7 Å². The van der Waals surface area contributed by atoms with Gasteiger partial charge in [0.25, 0.3) is 5.91 Å². The minimum Gasteiger partial charge on any atom is -0.329 e. The fourth-order valence-corrected chi connectivity index (χ4v) is 3.70. The van der Waals surface area contributed by atoms with Crippen molar-refractivity contribution in [2.45, 2.75) is 20.8 Å². The summed E-state index contributed by atoms with van der Waals surface area (Å²) in [5, 5.41) is 0.638. The van der Waals surface area contributed by atoms with Crippen LogP contribution >= 0.6 is 23.2 Å². The van der Waals surface area contributed by atoms with Crippen molar-refractivity contribution in [3.05, 3.63) is 63.6 Å². The lowest BCUT2D eigenvalue weighted by molar-refractivity contribution is -0.132. The molecule has 0 unspecified atom stereocenters. The summed E-state index contributed by atoms with van der Waals surface area (Å²) in [4.78, 5) is 43.1. The first-order valence-corrected chi connectivity index (χ1v) is 10.8. The van der Waals surface area contributed by atoms with Crippen molar-refractivity contribution in [3.63, 3.8) is 0 Å². The lowest BCUT2D eigenvalue weighted by Gasteiger charge is -2.26. The molecule has 3 amide bonds. The van der Waals surface area contributed by atoms with Gasteiger partial charge < -0.3 is 9.80 Å². The molecule has 1 fully saturated rings. The highest BCUT2D eigenvalue weighted by Gasteiger charge is 2.33. The summed E-state index contributed by atoms with van der Waals surface area (Å²) in [6.45, 7) is 6.34. The van der Waals surface area contributed by atoms with Crippen LogP contribution in [0.15, 0.2) is 42.5 Å². The quantitative estimate of drug-likeness (QED) is 0.646. The summed E-state index contributed by atoms with van der Waals surface area (Å²) in [5.41, 5.74) is 2.20. The number of halogens is 2. The predicted octanol–water partition coefficient (Wildman–Crippen LogP) is 4.23. The van der Waals surface area contributed by atoms with Crippen molar-refractivity contribution in [1.82, 2.24) is 9.80 Å². The first-order chi connectivity index (χ1) is 14.7. The van der Waals surface area contributed by atoms with E-state index >= 15 is 0 Å². The second-order valence-electron chi connectivity index (χ2n) is 8.10. The fourth-order valence-electron chi connectivity index (χ4n) is 3.40. The van der Waals surface area contributed by atoms with E-state index in [1.54, 1.807) is 17.0 Å². The van der Waals surface area contributed by atoms with Gasteiger partial charge in [0, 0.05) is 17.8 Å². The van der Waals surface area contributed by atoms with E-state index in [1.165, 1.54) is 15.9 Å². The molecule has 0 bridgehead atoms. The molecule has 3 rings (SSSR count). The highest BCUT2D eigenvalue weighted by atomic mass is 35.5. The van der Waals surface area contributed by atoms with Crippen LogP contribution in [0.3, 0.4) is 0 Å². The Morgan fingerprint density at radius 3 is 2.35 bits per heavy atom. The maximum absolute atomic E-state index is 13.1. The second-order valence-corrected chi connectivity index (χ2v) is 8.91. The van der Waals surface area contributed by atoms with Crippen LogP contribution in [0.1, 0.15) is 29.8 Å². The number of benzene rings is 2. The second kappa shape index (κ2) is 9.71. The topological polar surface area (TPSA) is 60.9 Å². The van der Waals surface area contributed by atoms with E-state index in [0.29, 0.717) is 17.1 Å². The zero-order valence-corrected chi connectivity index (χ0v) is 19.3. The van der Waals surface area contributed by atoms with Crippen molar-refractivity contribution >= 4 is 46.6 Å². The average molecular weight is 462 g/mol. The molecule has 0 saturated carbocycles. The van der Waals surface area contributed by atoms with Crippen LogP contribution in [0.5, 0.6) is 0 Å². The molecular formula is C23H25Cl2N3O3. The Kier molecular flexibility index (Phi) is 7.23. The first kappa shape index (κ1) is 23.1. The molecule has 1 aliphatic rings. The number of aryl methyl sites for hydroxylation is 1. The number of hydrogen-bond acceptors (Lipinski definition) is 3. The SMILES string of the molecule is Cc1ccc(N2CN(C(=O)CN(CC(C)C)C(=O)c3ccc(Cl)c(Cl)c3)CC2=O)cc1. The van der Waals surface area contributed by atoms with Crippen molar-refractivity contribution in [3.8, 4) is 0 Å². The number of carbonyl (C=O) groups is 3. The molecule has 0 spiro atoms. The van der Waals surface area contributed by atoms with Crippen molar-refractivity contribution in [2.24, 2.45) is 5.92 Å². The Morgan fingerprint density at radius 2 is 1.74 bits per heavy atom. The number of nitrogens with zero attached hydrogens (tertiary/aromatic N) is 3. The molecule has 1 heterocycles. The number of carbonyl (C=O) groups excluding carboxylic acids is 3. The molecule has 2 aromatic carbocycles. The van der Waals surface area contributed by atoms with Gasteiger partial charge in [-0.05, 0) is 43.2 Å². The molecule has 2 aromatic rings. The van der Waals surface area contributed by atoms with Gasteiger partial charge in [-0.2, -0.15) is 0 Å². The van der Waals surface area contributed by atoms with Crippen molar-refractivity contribution < 1.29 is 14.4 Å². The smallest absolute Gasteiger partial charge is 0.254 e. The van der Waals surface area contributed by atoms with Crippen LogP contribution in [0, 0.1) is 12.8 Å². The molecule has 1 aliphatic heterocycles. The largest absolute Gasteiger partial charge is 0.329 e. The molecular weight excluding hydrogens is 437 g/mol. The van der Waals surface area contributed by atoms with Crippen molar-refractivity contribution in [1.29, 1.82) is 0 Å².